The van der Waals surface area contributed by atoms with Crippen LogP contribution in [0.25, 0.3) is 0 Å². The third-order valence-corrected chi connectivity index (χ3v) is 0. The predicted molar refractivity (Wildman–Crippen MR) is 2.06 cm³/mol. The molecule has 0 aromatic rings. The maximum Gasteiger partial charge on any atom is 3.00 e. The van der Waals surface area contributed by atoms with Crippen molar-refractivity contribution < 1.29 is 137 Å². The van der Waals surface area contributed by atoms with E-state index in [9.17, 15) is 0 Å². The summed E-state index contributed by atoms with van der Waals surface area (Å²) in [7, 11) is 0. The quantitative estimate of drug-likeness (QED) is 0.443. The molecule has 0 fully saturated rings. The molecule has 0 saturated heterocycles. The second-order valence-electron chi connectivity index (χ2n) is 0. The maximum absolute atomic E-state index is 0. The fraction of sp³-hybridized carbons (Fsp3) is 0. The van der Waals surface area contributed by atoms with Crippen LogP contribution in [0.4, 0.5) is 0 Å². The summed E-state index contributed by atoms with van der Waals surface area (Å²) < 4.78 is 0. The molecule has 0 N–H and O–H groups in total. The monoisotopic (exact) mass is 458 g/mol. The van der Waals surface area contributed by atoms with Crippen molar-refractivity contribution in [3.63, 3.8) is 0 Å². The van der Waals surface area contributed by atoms with Crippen molar-refractivity contribution >= 4 is 0 Å². The molecule has 0 amide bonds. The van der Waals surface area contributed by atoms with Crippen LogP contribution in [-0.4, -0.2) is 0 Å². The van der Waals surface area contributed by atoms with Crippen LogP contribution in [0.1, 0.15) is 0 Å². The van der Waals surface area contributed by atoms with Gasteiger partial charge in [0.2, 0.25) is 0 Å². The van der Waals surface area contributed by atoms with Crippen molar-refractivity contribution in [2.75, 3.05) is 0 Å². The van der Waals surface area contributed by atoms with E-state index < -0.39 is 0 Å². The van der Waals surface area contributed by atoms with Crippen molar-refractivity contribution in [3.8, 4) is 0 Å². The van der Waals surface area contributed by atoms with Crippen LogP contribution in [0.15, 0.2) is 0 Å². The van der Waals surface area contributed by atoms with Crippen LogP contribution < -0.4 is 0 Å². The van der Waals surface area contributed by atoms with Gasteiger partial charge in [0.25, 0.3) is 0 Å². The van der Waals surface area contributed by atoms with Crippen LogP contribution in [0.2, 0.25) is 0 Å². The van der Waals surface area contributed by atoms with Gasteiger partial charge in [0.05, 0.1) is 0 Å². The average molecular weight is 460 g/mol. The van der Waals surface area contributed by atoms with E-state index in [-0.39, 0.29) is 137 Å². The molecule has 0 bridgehead atoms. The molecule has 9 heavy (non-hydrogen) atoms. The number of rotatable bonds is 0. The van der Waals surface area contributed by atoms with E-state index in [1.165, 1.54) is 0 Å². The molecule has 0 rings (SSSR count). The van der Waals surface area contributed by atoms with Gasteiger partial charge in [0.1, 0.15) is 0 Å². The molecule has 0 saturated carbocycles. The topological polar surface area (TPSA) is 85.5 Å². The van der Waals surface area contributed by atoms with Crippen molar-refractivity contribution in [1.82, 2.24) is 0 Å². The Morgan fingerprint density at radius 1 is 0.444 bits per heavy atom. The van der Waals surface area contributed by atoms with Gasteiger partial charge in [-0.3, -0.25) is 0 Å². The zero-order chi connectivity index (χ0) is 0. The third kappa shape index (κ3) is 80.4. The Bertz CT molecular complexity index is 17.8. The smallest absolute Gasteiger partial charge is 2.00 e. The molecule has 0 aliphatic heterocycles. The minimum atomic E-state index is 0. The first-order chi connectivity index (χ1) is 0. The summed E-state index contributed by atoms with van der Waals surface area (Å²) >= 11 is 0. The normalized spacial score (nSPS) is 0. The van der Waals surface area contributed by atoms with Crippen molar-refractivity contribution in [2.45, 2.75) is 0 Å². The zero-order valence-corrected chi connectivity index (χ0v) is 12.8. The predicted octanol–water partition coefficient (Wildman–Crippen LogP) is -0.371. The van der Waals surface area contributed by atoms with Crippen LogP contribution in [-0.2, 0) is 137 Å². The number of hydrogen-bond acceptors (Lipinski definition) is 0. The molecule has 0 aliphatic rings. The van der Waals surface area contributed by atoms with Gasteiger partial charge in [-0.25, -0.2) is 0 Å². The first-order valence-corrected chi connectivity index (χ1v) is 0. The van der Waals surface area contributed by atoms with Gasteiger partial charge in [-0.1, -0.05) is 0 Å². The standard InChI is InChI=1S/2Co.2Fe.3O.2Zr/q;;2*+3;3*-2;;. The first kappa shape index (κ1) is 127. The largest absolute Gasteiger partial charge is 3.00 e. The maximum atomic E-state index is 0. The Kier molecular flexibility index (Phi) is 1380. The summed E-state index contributed by atoms with van der Waals surface area (Å²) in [6.07, 6.45) is 0. The van der Waals surface area contributed by atoms with E-state index in [2.05, 4.69) is 0 Å². The summed E-state index contributed by atoms with van der Waals surface area (Å²) in [5, 5.41) is 0. The zero-order valence-electron chi connectivity index (χ0n) is 3.60. The molecule has 3 nitrogen and oxygen atoms in total. The molecule has 0 atom stereocenters. The molecule has 0 heterocycles. The van der Waals surface area contributed by atoms with E-state index in [1.54, 1.807) is 0 Å². The fourth-order valence-corrected chi connectivity index (χ4v) is 0. The summed E-state index contributed by atoms with van der Waals surface area (Å²) in [4.78, 5) is 0. The first-order valence-electron chi connectivity index (χ1n) is 0. The van der Waals surface area contributed by atoms with Gasteiger partial charge in [0.15, 0.2) is 0 Å². The Morgan fingerprint density at radius 2 is 0.444 bits per heavy atom. The average Bonchev–Trinajstić information content (AvgIpc) is 0. The van der Waals surface area contributed by atoms with E-state index in [1.807, 2.05) is 0 Å². The Balaban J connectivity index is 0. The summed E-state index contributed by atoms with van der Waals surface area (Å²) in [5.74, 6) is 0. The van der Waals surface area contributed by atoms with Crippen molar-refractivity contribution in [3.05, 3.63) is 0 Å². The molecular formula is Co2Fe2O3Zr2. The minimum Gasteiger partial charge on any atom is -2.00 e. The van der Waals surface area contributed by atoms with Crippen LogP contribution in [0.3, 0.4) is 0 Å². The molecule has 0 aromatic carbocycles. The van der Waals surface area contributed by atoms with Gasteiger partial charge in [-0.15, -0.1) is 0 Å². The molecule has 0 spiro atoms. The molecular weight excluding hydrogens is 460 g/mol. The van der Waals surface area contributed by atoms with Gasteiger partial charge in [-0.05, 0) is 0 Å². The van der Waals surface area contributed by atoms with E-state index in [4.69, 9.17) is 0 Å². The van der Waals surface area contributed by atoms with Crippen molar-refractivity contribution in [2.24, 2.45) is 0 Å². The van der Waals surface area contributed by atoms with Crippen LogP contribution >= 0.6 is 0 Å². The Morgan fingerprint density at radius 3 is 0.444 bits per heavy atom. The number of hydrogen-bond donors (Lipinski definition) is 0. The van der Waals surface area contributed by atoms with Crippen LogP contribution in [0.5, 0.6) is 0 Å². The fourth-order valence-electron chi connectivity index (χ4n) is 0. The van der Waals surface area contributed by atoms with Crippen LogP contribution in [0, 0.1) is 0 Å². The molecule has 60 valence electrons. The Hall–Kier alpha value is 3.70. The van der Waals surface area contributed by atoms with Gasteiger partial charge in [0, 0.05) is 86.0 Å². The SMILES string of the molecule is [Co].[Co].[Fe+3].[Fe+3].[O-2].[O-2].[O-2].[Zr].[Zr]. The van der Waals surface area contributed by atoms with E-state index in [0.29, 0.717) is 0 Å². The molecule has 0 aliphatic carbocycles. The Labute approximate surface area is 134 Å². The molecule has 4 radical (unpaired) electrons. The summed E-state index contributed by atoms with van der Waals surface area (Å²) in [5.41, 5.74) is 0. The minimum absolute atomic E-state index is 0. The van der Waals surface area contributed by atoms with Crippen molar-refractivity contribution in [1.29, 1.82) is 0 Å². The third-order valence-electron chi connectivity index (χ3n) is 0. The molecule has 0 aromatic heterocycles. The second-order valence-corrected chi connectivity index (χ2v) is 0. The second kappa shape index (κ2) is 97.9. The summed E-state index contributed by atoms with van der Waals surface area (Å²) in [6, 6.07) is 0. The van der Waals surface area contributed by atoms with Gasteiger partial charge >= 0.3 is 34.1 Å². The molecule has 9 heteroatoms. The van der Waals surface area contributed by atoms with Gasteiger partial charge in [-0.2, -0.15) is 0 Å². The molecule has 0 unspecified atom stereocenters. The van der Waals surface area contributed by atoms with Gasteiger partial charge < -0.3 is 16.4 Å². The summed E-state index contributed by atoms with van der Waals surface area (Å²) in [6.45, 7) is 0. The van der Waals surface area contributed by atoms with E-state index in [0.717, 1.165) is 0 Å². The van der Waals surface area contributed by atoms with E-state index >= 15 is 0 Å².